The first-order valence-corrected chi connectivity index (χ1v) is 9.79. The van der Waals surface area contributed by atoms with Crippen molar-refractivity contribution in [2.24, 2.45) is 0 Å². The molecule has 0 bridgehead atoms. The fourth-order valence-electron chi connectivity index (χ4n) is 3.08. The van der Waals surface area contributed by atoms with Gasteiger partial charge >= 0.3 is 12.1 Å². The van der Waals surface area contributed by atoms with E-state index in [0.717, 1.165) is 31.4 Å². The Morgan fingerprint density at radius 2 is 1.81 bits per heavy atom. The zero-order valence-electron chi connectivity index (χ0n) is 16.3. The Labute approximate surface area is 186 Å². The SMILES string of the molecule is COC(=O)[C@H](Cc1ccc(Br)c2ncc(C(F)(F)F)cc12)NC(=O)c1c(F)cccc1F. The lowest BCUT2D eigenvalue weighted by atomic mass is 9.99. The van der Waals surface area contributed by atoms with Crippen LogP contribution in [0.5, 0.6) is 0 Å². The predicted octanol–water partition coefficient (Wildman–Crippen LogP) is 4.81. The van der Waals surface area contributed by atoms with Crippen molar-refractivity contribution in [2.45, 2.75) is 18.6 Å². The molecule has 1 atom stereocenters. The number of pyridine rings is 1. The average molecular weight is 517 g/mol. The van der Waals surface area contributed by atoms with Gasteiger partial charge in [-0.25, -0.2) is 13.6 Å². The first-order chi connectivity index (χ1) is 15.0. The smallest absolute Gasteiger partial charge is 0.417 e. The number of ether oxygens (including phenoxy) is 1. The number of halogens is 6. The van der Waals surface area contributed by atoms with E-state index in [1.54, 1.807) is 0 Å². The first-order valence-electron chi connectivity index (χ1n) is 9.00. The highest BCUT2D eigenvalue weighted by Gasteiger charge is 2.32. The fourth-order valence-corrected chi connectivity index (χ4v) is 3.52. The summed E-state index contributed by atoms with van der Waals surface area (Å²) in [4.78, 5) is 28.5. The van der Waals surface area contributed by atoms with Crippen LogP contribution < -0.4 is 5.32 Å². The lowest BCUT2D eigenvalue weighted by Gasteiger charge is -2.19. The maximum absolute atomic E-state index is 13.9. The summed E-state index contributed by atoms with van der Waals surface area (Å²) in [7, 11) is 1.04. The molecule has 2 aromatic carbocycles. The van der Waals surface area contributed by atoms with E-state index in [4.69, 9.17) is 0 Å². The molecule has 0 spiro atoms. The van der Waals surface area contributed by atoms with Gasteiger partial charge in [-0.05, 0) is 45.8 Å². The molecule has 1 heterocycles. The van der Waals surface area contributed by atoms with Crippen LogP contribution in [0.3, 0.4) is 0 Å². The molecule has 1 N–H and O–H groups in total. The molecular weight excluding hydrogens is 503 g/mol. The van der Waals surface area contributed by atoms with Gasteiger partial charge < -0.3 is 10.1 Å². The largest absolute Gasteiger partial charge is 0.467 e. The quantitative estimate of drug-likeness (QED) is 0.390. The van der Waals surface area contributed by atoms with E-state index in [1.165, 1.54) is 12.1 Å². The third-order valence-corrected chi connectivity index (χ3v) is 5.26. The van der Waals surface area contributed by atoms with Gasteiger partial charge in [-0.3, -0.25) is 9.78 Å². The number of nitrogens with zero attached hydrogens (tertiary/aromatic N) is 1. The molecule has 1 aromatic heterocycles. The second-order valence-electron chi connectivity index (χ2n) is 6.67. The third kappa shape index (κ3) is 4.87. The molecule has 168 valence electrons. The Balaban J connectivity index is 2.01. The van der Waals surface area contributed by atoms with Gasteiger partial charge in [0.2, 0.25) is 0 Å². The molecule has 0 radical (unpaired) electrons. The van der Waals surface area contributed by atoms with E-state index in [1.807, 2.05) is 0 Å². The average Bonchev–Trinajstić information content (AvgIpc) is 2.73. The molecular formula is C21H14BrF5N2O3. The molecule has 0 saturated heterocycles. The second-order valence-corrected chi connectivity index (χ2v) is 7.53. The minimum absolute atomic E-state index is 0.0782. The minimum Gasteiger partial charge on any atom is -0.467 e. The van der Waals surface area contributed by atoms with E-state index in [-0.39, 0.29) is 22.9 Å². The second kappa shape index (κ2) is 9.19. The van der Waals surface area contributed by atoms with Crippen molar-refractivity contribution in [2.75, 3.05) is 7.11 Å². The van der Waals surface area contributed by atoms with E-state index < -0.39 is 46.9 Å². The Hall–Kier alpha value is -3.08. The van der Waals surface area contributed by atoms with Crippen molar-refractivity contribution in [3.8, 4) is 0 Å². The zero-order valence-corrected chi connectivity index (χ0v) is 17.9. The molecule has 0 aliphatic carbocycles. The normalized spacial score (nSPS) is 12.5. The van der Waals surface area contributed by atoms with Gasteiger partial charge in [0.15, 0.2) is 0 Å². The van der Waals surface area contributed by atoms with Crippen LogP contribution in [0.2, 0.25) is 0 Å². The minimum atomic E-state index is -4.65. The molecule has 0 unspecified atom stereocenters. The van der Waals surface area contributed by atoms with E-state index in [2.05, 4.69) is 31.0 Å². The van der Waals surface area contributed by atoms with Crippen molar-refractivity contribution < 1.29 is 36.3 Å². The highest BCUT2D eigenvalue weighted by atomic mass is 79.9. The number of fused-ring (bicyclic) bond motifs is 1. The number of alkyl halides is 3. The van der Waals surface area contributed by atoms with Crippen LogP contribution in [0.25, 0.3) is 10.9 Å². The zero-order chi connectivity index (χ0) is 23.6. The van der Waals surface area contributed by atoms with E-state index in [0.29, 0.717) is 10.7 Å². The summed E-state index contributed by atoms with van der Waals surface area (Å²) >= 11 is 3.21. The molecule has 3 aromatic rings. The van der Waals surface area contributed by atoms with E-state index in [9.17, 15) is 31.5 Å². The summed E-state index contributed by atoms with van der Waals surface area (Å²) in [5.41, 5.74) is -1.48. The Kier molecular flexibility index (Phi) is 6.77. The van der Waals surface area contributed by atoms with Gasteiger partial charge in [0.1, 0.15) is 23.2 Å². The monoisotopic (exact) mass is 516 g/mol. The molecule has 0 saturated carbocycles. The van der Waals surface area contributed by atoms with Crippen molar-refractivity contribution in [1.29, 1.82) is 0 Å². The van der Waals surface area contributed by atoms with Crippen molar-refractivity contribution >= 4 is 38.7 Å². The molecule has 0 fully saturated rings. The summed E-state index contributed by atoms with van der Waals surface area (Å²) < 4.78 is 72.5. The number of aromatic nitrogens is 1. The lowest BCUT2D eigenvalue weighted by molar-refractivity contribution is -0.143. The lowest BCUT2D eigenvalue weighted by Crippen LogP contribution is -2.43. The molecule has 11 heteroatoms. The summed E-state index contributed by atoms with van der Waals surface area (Å²) in [6, 6.07) is 5.21. The number of methoxy groups -OCH3 is 1. The predicted molar refractivity (Wildman–Crippen MR) is 108 cm³/mol. The molecule has 32 heavy (non-hydrogen) atoms. The van der Waals surface area contributed by atoms with Crippen LogP contribution in [0.4, 0.5) is 22.0 Å². The van der Waals surface area contributed by atoms with Crippen LogP contribution in [0, 0.1) is 11.6 Å². The number of hydrogen-bond acceptors (Lipinski definition) is 4. The molecule has 0 aliphatic heterocycles. The van der Waals surface area contributed by atoms with E-state index >= 15 is 0 Å². The Morgan fingerprint density at radius 3 is 2.41 bits per heavy atom. The molecule has 3 rings (SSSR count). The maximum Gasteiger partial charge on any atom is 0.417 e. The fraction of sp³-hybridized carbons (Fsp3) is 0.190. The standard InChI is InChI=1S/C21H14BrF5N2O3/c1-32-20(31)16(29-19(30)17-14(23)3-2-4-15(17)24)7-10-5-6-13(22)18-12(10)8-11(9-28-18)21(25,26)27/h2-6,8-9,16H,7H2,1H3,(H,29,30)/t16-/m0/s1. The van der Waals surface area contributed by atoms with Gasteiger partial charge in [0.05, 0.1) is 18.2 Å². The van der Waals surface area contributed by atoms with Crippen LogP contribution in [-0.2, 0) is 22.1 Å². The summed E-state index contributed by atoms with van der Waals surface area (Å²) in [5, 5.41) is 2.27. The number of rotatable bonds is 5. The summed E-state index contributed by atoms with van der Waals surface area (Å²) in [5.74, 6) is -4.45. The molecule has 0 aliphatic rings. The molecule has 1 amide bonds. The van der Waals surface area contributed by atoms with Crippen LogP contribution in [-0.4, -0.2) is 30.0 Å². The van der Waals surface area contributed by atoms with Crippen molar-refractivity contribution in [3.63, 3.8) is 0 Å². The van der Waals surface area contributed by atoms with Crippen LogP contribution >= 0.6 is 15.9 Å². The van der Waals surface area contributed by atoms with Crippen molar-refractivity contribution in [3.05, 3.63) is 75.4 Å². The number of carbonyl (C=O) groups excluding carboxylic acids is 2. The molecule has 5 nitrogen and oxygen atoms in total. The first kappa shape index (κ1) is 23.6. The Bertz CT molecular complexity index is 1180. The third-order valence-electron chi connectivity index (χ3n) is 4.62. The number of esters is 1. The topological polar surface area (TPSA) is 68.3 Å². The van der Waals surface area contributed by atoms with Crippen LogP contribution in [0.1, 0.15) is 21.5 Å². The Morgan fingerprint density at radius 1 is 1.16 bits per heavy atom. The van der Waals surface area contributed by atoms with Crippen molar-refractivity contribution in [1.82, 2.24) is 10.3 Å². The number of benzene rings is 2. The van der Waals surface area contributed by atoms with Gasteiger partial charge in [-0.2, -0.15) is 13.2 Å². The summed E-state index contributed by atoms with van der Waals surface area (Å²) in [6.45, 7) is 0. The van der Waals surface area contributed by atoms with Gasteiger partial charge in [0, 0.05) is 22.5 Å². The van der Waals surface area contributed by atoms with Crippen LogP contribution in [0.15, 0.2) is 47.1 Å². The van der Waals surface area contributed by atoms with Gasteiger partial charge in [-0.1, -0.05) is 12.1 Å². The number of carbonyl (C=O) groups is 2. The van der Waals surface area contributed by atoms with Gasteiger partial charge in [-0.15, -0.1) is 0 Å². The van der Waals surface area contributed by atoms with Gasteiger partial charge in [0.25, 0.3) is 5.91 Å². The number of amides is 1. The maximum atomic E-state index is 13.9. The summed E-state index contributed by atoms with van der Waals surface area (Å²) in [6.07, 6.45) is -4.29. The number of hydrogen-bond donors (Lipinski definition) is 1. The highest BCUT2D eigenvalue weighted by Crippen LogP contribution is 2.33. The highest BCUT2D eigenvalue weighted by molar-refractivity contribution is 9.10. The number of nitrogens with one attached hydrogen (secondary N) is 1.